The monoisotopic (exact) mass is 379 g/mol. The van der Waals surface area contributed by atoms with Gasteiger partial charge in [-0.15, -0.1) is 11.8 Å². The van der Waals surface area contributed by atoms with E-state index < -0.39 is 0 Å². The minimum Gasteiger partial charge on any atom is -0.303 e. The first-order valence-electron chi connectivity index (χ1n) is 9.11. The van der Waals surface area contributed by atoms with E-state index in [-0.39, 0.29) is 11.2 Å². The maximum atomic E-state index is 12.7. The summed E-state index contributed by atoms with van der Waals surface area (Å²) in [7, 11) is 3.15. The topological polar surface area (TPSA) is 73.0 Å². The Morgan fingerprint density at radius 3 is 2.31 bits per heavy atom. The molecule has 2 aromatic heterocycles. The van der Waals surface area contributed by atoms with Crippen molar-refractivity contribution in [2.24, 2.45) is 20.0 Å². The van der Waals surface area contributed by atoms with Gasteiger partial charge in [-0.2, -0.15) is 0 Å². The van der Waals surface area contributed by atoms with E-state index in [0.29, 0.717) is 34.2 Å². The number of aryl methyl sites for hydroxylation is 1. The largest absolute Gasteiger partial charge is 0.332 e. The Hall–Kier alpha value is -1.67. The molecule has 0 saturated carbocycles. The van der Waals surface area contributed by atoms with Crippen molar-refractivity contribution in [2.75, 3.05) is 25.4 Å². The van der Waals surface area contributed by atoms with E-state index >= 15 is 0 Å². The van der Waals surface area contributed by atoms with E-state index in [1.54, 1.807) is 18.8 Å². The van der Waals surface area contributed by atoms with E-state index in [1.807, 2.05) is 0 Å². The van der Waals surface area contributed by atoms with Crippen LogP contribution in [0.2, 0.25) is 0 Å². The van der Waals surface area contributed by atoms with Gasteiger partial charge in [-0.1, -0.05) is 27.7 Å². The first-order valence-corrected chi connectivity index (χ1v) is 10.1. The summed E-state index contributed by atoms with van der Waals surface area (Å²) in [6.07, 6.45) is 0.711. The maximum Gasteiger partial charge on any atom is 0.332 e. The van der Waals surface area contributed by atoms with Gasteiger partial charge in [-0.25, -0.2) is 14.8 Å². The van der Waals surface area contributed by atoms with Crippen LogP contribution in [0, 0.1) is 5.92 Å². The van der Waals surface area contributed by atoms with Crippen molar-refractivity contribution >= 4 is 22.8 Å². The van der Waals surface area contributed by atoms with Gasteiger partial charge in [0.25, 0.3) is 5.56 Å². The summed E-state index contributed by atoms with van der Waals surface area (Å²) in [5.74, 6) is 1.91. The van der Waals surface area contributed by atoms with Crippen molar-refractivity contribution in [3.63, 3.8) is 0 Å². The number of nitrogens with zero attached hydrogens (tertiary/aromatic N) is 5. The molecule has 0 fully saturated rings. The molecule has 0 aromatic carbocycles. The molecule has 0 atom stereocenters. The number of aromatic nitrogens is 4. The van der Waals surface area contributed by atoms with E-state index in [1.165, 1.54) is 11.6 Å². The molecule has 7 nitrogen and oxygen atoms in total. The highest BCUT2D eigenvalue weighted by Gasteiger charge is 2.18. The fraction of sp³-hybridized carbons (Fsp3) is 0.667. The zero-order valence-electron chi connectivity index (χ0n) is 16.6. The first-order chi connectivity index (χ1) is 12.3. The third-order valence-corrected chi connectivity index (χ3v) is 5.40. The number of rotatable bonds is 8. The molecule has 0 aliphatic rings. The fourth-order valence-corrected chi connectivity index (χ4v) is 3.88. The van der Waals surface area contributed by atoms with Crippen LogP contribution < -0.4 is 11.2 Å². The lowest BCUT2D eigenvalue weighted by Gasteiger charge is -2.18. The van der Waals surface area contributed by atoms with Gasteiger partial charge in [0.2, 0.25) is 0 Å². The lowest BCUT2D eigenvalue weighted by atomic mass is 10.1. The molecule has 0 bridgehead atoms. The number of fused-ring (bicyclic) bond motifs is 1. The Bertz CT molecular complexity index is 884. The average Bonchev–Trinajstić information content (AvgIpc) is 2.60. The first kappa shape index (κ1) is 20.6. The molecular formula is C18H29N5O2S. The summed E-state index contributed by atoms with van der Waals surface area (Å²) >= 11 is 1.57. The van der Waals surface area contributed by atoms with Crippen LogP contribution in [-0.4, -0.2) is 49.4 Å². The molecule has 2 aromatic rings. The van der Waals surface area contributed by atoms with Gasteiger partial charge in [-0.3, -0.25) is 13.9 Å². The zero-order chi connectivity index (χ0) is 19.4. The molecule has 8 heteroatoms. The van der Waals surface area contributed by atoms with Crippen LogP contribution in [0.5, 0.6) is 0 Å². The van der Waals surface area contributed by atoms with Gasteiger partial charge < -0.3 is 4.90 Å². The average molecular weight is 380 g/mol. The van der Waals surface area contributed by atoms with Crippen molar-refractivity contribution in [2.45, 2.75) is 39.1 Å². The molecule has 2 heterocycles. The molecule has 0 unspecified atom stereocenters. The van der Waals surface area contributed by atoms with Crippen LogP contribution in [0.25, 0.3) is 11.0 Å². The van der Waals surface area contributed by atoms with Crippen molar-refractivity contribution in [3.8, 4) is 0 Å². The fourth-order valence-electron chi connectivity index (χ4n) is 2.84. The lowest BCUT2D eigenvalue weighted by Crippen LogP contribution is -2.38. The van der Waals surface area contributed by atoms with Crippen molar-refractivity contribution in [1.82, 2.24) is 24.0 Å². The maximum absolute atomic E-state index is 12.7. The van der Waals surface area contributed by atoms with Gasteiger partial charge in [0.1, 0.15) is 16.2 Å². The number of hydrogen-bond donors (Lipinski definition) is 0. The van der Waals surface area contributed by atoms with Gasteiger partial charge in [-0.05, 0) is 19.0 Å². The van der Waals surface area contributed by atoms with Crippen LogP contribution in [0.15, 0.2) is 14.6 Å². The number of thioether (sulfide) groups is 1. The van der Waals surface area contributed by atoms with E-state index in [4.69, 9.17) is 0 Å². The predicted octanol–water partition coefficient (Wildman–Crippen LogP) is 1.66. The third kappa shape index (κ3) is 4.35. The van der Waals surface area contributed by atoms with E-state index in [0.717, 1.165) is 30.0 Å². The van der Waals surface area contributed by atoms with Crippen LogP contribution in [-0.2, 0) is 20.5 Å². The normalized spacial score (nSPS) is 11.8. The molecule has 0 spiro atoms. The summed E-state index contributed by atoms with van der Waals surface area (Å²) in [5, 5.41) is 1.11. The highest BCUT2D eigenvalue weighted by atomic mass is 32.2. The standard InChI is InChI=1S/C18H29N5O2S/c1-7-23(8-2)9-10-26-16-14-15(19-13(20-16)11-12(3)4)21(5)18(25)22(6)17(14)24/h12H,7-11H2,1-6H3. The summed E-state index contributed by atoms with van der Waals surface area (Å²) in [4.78, 5) is 36.5. The summed E-state index contributed by atoms with van der Waals surface area (Å²) in [5.41, 5.74) is -0.269. The van der Waals surface area contributed by atoms with Crippen LogP contribution >= 0.6 is 11.8 Å². The molecule has 0 aliphatic heterocycles. The summed E-state index contributed by atoms with van der Waals surface area (Å²) < 4.78 is 2.57. The predicted molar refractivity (Wildman–Crippen MR) is 107 cm³/mol. The molecule has 0 radical (unpaired) electrons. The van der Waals surface area contributed by atoms with Crippen LogP contribution in [0.1, 0.15) is 33.5 Å². The molecular weight excluding hydrogens is 350 g/mol. The van der Waals surface area contributed by atoms with Crippen molar-refractivity contribution < 1.29 is 0 Å². The SMILES string of the molecule is CCN(CC)CCSc1nc(CC(C)C)nc2c1c(=O)n(C)c(=O)n2C. The zero-order valence-corrected chi connectivity index (χ0v) is 17.4. The van der Waals surface area contributed by atoms with Gasteiger partial charge >= 0.3 is 5.69 Å². The van der Waals surface area contributed by atoms with Crippen LogP contribution in [0.4, 0.5) is 0 Å². The minimum atomic E-state index is -0.365. The van der Waals surface area contributed by atoms with Crippen LogP contribution in [0.3, 0.4) is 0 Å². The Balaban J connectivity index is 2.54. The highest BCUT2D eigenvalue weighted by molar-refractivity contribution is 7.99. The second-order valence-corrected chi connectivity index (χ2v) is 7.91. The molecule has 2 rings (SSSR count). The van der Waals surface area contributed by atoms with E-state index in [9.17, 15) is 9.59 Å². The Morgan fingerprint density at radius 1 is 1.08 bits per heavy atom. The molecule has 144 valence electrons. The quantitative estimate of drug-likeness (QED) is 0.513. The van der Waals surface area contributed by atoms with Crippen molar-refractivity contribution in [1.29, 1.82) is 0 Å². The molecule has 26 heavy (non-hydrogen) atoms. The summed E-state index contributed by atoms with van der Waals surface area (Å²) in [6.45, 7) is 11.4. The second kappa shape index (κ2) is 8.81. The summed E-state index contributed by atoms with van der Waals surface area (Å²) in [6, 6.07) is 0. The molecule has 0 saturated heterocycles. The Morgan fingerprint density at radius 2 is 1.73 bits per heavy atom. The van der Waals surface area contributed by atoms with Gasteiger partial charge in [0, 0.05) is 32.8 Å². The Labute approximate surface area is 158 Å². The lowest BCUT2D eigenvalue weighted by molar-refractivity contribution is 0.324. The van der Waals surface area contributed by atoms with Gasteiger partial charge in [0.15, 0.2) is 5.65 Å². The number of hydrogen-bond acceptors (Lipinski definition) is 6. The molecule has 0 aliphatic carbocycles. The van der Waals surface area contributed by atoms with Gasteiger partial charge in [0.05, 0.1) is 0 Å². The van der Waals surface area contributed by atoms with E-state index in [2.05, 4.69) is 42.6 Å². The second-order valence-electron chi connectivity index (χ2n) is 6.82. The molecule has 0 amide bonds. The third-order valence-electron chi connectivity index (χ3n) is 4.44. The highest BCUT2D eigenvalue weighted by Crippen LogP contribution is 2.23. The minimum absolute atomic E-state index is 0.329. The van der Waals surface area contributed by atoms with Crippen molar-refractivity contribution in [3.05, 3.63) is 26.7 Å². The molecule has 0 N–H and O–H groups in total. The smallest absolute Gasteiger partial charge is 0.303 e. The Kier molecular flexibility index (Phi) is 7.00.